The molecule has 1 aliphatic rings. The molecule has 0 aliphatic carbocycles. The molecule has 3 N–H and O–H groups in total. The zero-order valence-electron chi connectivity index (χ0n) is 16.2. The fourth-order valence-corrected chi connectivity index (χ4v) is 4.16. The molecule has 0 fully saturated rings. The second-order valence-electron chi connectivity index (χ2n) is 6.64. The smallest absolute Gasteiger partial charge is 0.231 e. The van der Waals surface area contributed by atoms with E-state index in [2.05, 4.69) is 35.6 Å². The van der Waals surface area contributed by atoms with E-state index in [9.17, 15) is 0 Å². The standard InChI is InChI=1S/C20H21N7OS/c1-12-9-17(24-19-14-10-29-11-15(14)26-27-19)25-20(18(12)21-3)23-7-8-28-16-5-4-6-22-13(16)2/h4-6,9H,7-8,10-11H2,1-2H3,(H3,23,24,25,26,27). The van der Waals surface area contributed by atoms with Gasteiger partial charge in [-0.3, -0.25) is 10.1 Å². The van der Waals surface area contributed by atoms with Crippen molar-refractivity contribution < 1.29 is 4.74 Å². The summed E-state index contributed by atoms with van der Waals surface area (Å²) < 4.78 is 5.77. The summed E-state index contributed by atoms with van der Waals surface area (Å²) in [5.74, 6) is 4.64. The lowest BCUT2D eigenvalue weighted by atomic mass is 10.2. The van der Waals surface area contributed by atoms with Gasteiger partial charge in [-0.1, -0.05) is 0 Å². The number of rotatable bonds is 7. The van der Waals surface area contributed by atoms with Crippen molar-refractivity contribution in [2.45, 2.75) is 25.4 Å². The van der Waals surface area contributed by atoms with E-state index in [1.54, 1.807) is 6.20 Å². The number of aromatic amines is 1. The number of hydrogen-bond acceptors (Lipinski definition) is 7. The lowest BCUT2D eigenvalue weighted by Gasteiger charge is -2.13. The maximum atomic E-state index is 7.50. The van der Waals surface area contributed by atoms with Gasteiger partial charge in [0.25, 0.3) is 0 Å². The number of thioether (sulfide) groups is 1. The number of pyridine rings is 2. The zero-order valence-corrected chi connectivity index (χ0v) is 17.1. The highest BCUT2D eigenvalue weighted by molar-refractivity contribution is 7.98. The van der Waals surface area contributed by atoms with Crippen molar-refractivity contribution >= 4 is 34.9 Å². The van der Waals surface area contributed by atoms with E-state index in [1.165, 1.54) is 5.56 Å². The molecular weight excluding hydrogens is 386 g/mol. The first-order valence-corrected chi connectivity index (χ1v) is 10.4. The molecule has 0 bridgehead atoms. The number of aryl methyl sites for hydroxylation is 2. The van der Waals surface area contributed by atoms with Crippen molar-refractivity contribution in [3.05, 3.63) is 58.3 Å². The van der Waals surface area contributed by atoms with E-state index < -0.39 is 0 Å². The van der Waals surface area contributed by atoms with Gasteiger partial charge in [-0.15, -0.1) is 0 Å². The van der Waals surface area contributed by atoms with Crippen LogP contribution in [0.5, 0.6) is 5.75 Å². The average Bonchev–Trinajstić information content (AvgIpc) is 3.31. The van der Waals surface area contributed by atoms with Crippen LogP contribution in [0.4, 0.5) is 23.1 Å². The third-order valence-corrected chi connectivity index (χ3v) is 5.58. The summed E-state index contributed by atoms with van der Waals surface area (Å²) in [6.07, 6.45) is 1.74. The van der Waals surface area contributed by atoms with Crippen LogP contribution in [0.1, 0.15) is 22.5 Å². The molecule has 0 amide bonds. The van der Waals surface area contributed by atoms with Crippen molar-refractivity contribution in [1.29, 1.82) is 0 Å². The summed E-state index contributed by atoms with van der Waals surface area (Å²) >= 11 is 1.86. The number of ether oxygens (including phenoxy) is 1. The topological polar surface area (TPSA) is 92.1 Å². The fraction of sp³-hybridized carbons (Fsp3) is 0.300. The Bertz CT molecular complexity index is 1070. The third kappa shape index (κ3) is 4.12. The number of anilines is 3. The Balaban J connectivity index is 1.45. The molecule has 3 aromatic rings. The molecule has 29 heavy (non-hydrogen) atoms. The Kier molecular flexibility index (Phi) is 5.53. The van der Waals surface area contributed by atoms with Gasteiger partial charge in [-0.25, -0.2) is 9.83 Å². The van der Waals surface area contributed by atoms with Crippen LogP contribution in [0.15, 0.2) is 24.4 Å². The van der Waals surface area contributed by atoms with Gasteiger partial charge in [0.2, 0.25) is 5.69 Å². The summed E-state index contributed by atoms with van der Waals surface area (Å²) in [5.41, 5.74) is 4.56. The van der Waals surface area contributed by atoms with E-state index in [-0.39, 0.29) is 0 Å². The van der Waals surface area contributed by atoms with Gasteiger partial charge in [-0.2, -0.15) is 16.9 Å². The van der Waals surface area contributed by atoms with Gasteiger partial charge in [-0.05, 0) is 37.6 Å². The molecule has 0 spiro atoms. The number of hydrogen-bond donors (Lipinski definition) is 3. The van der Waals surface area contributed by atoms with E-state index in [0.717, 1.165) is 40.0 Å². The lowest BCUT2D eigenvalue weighted by Crippen LogP contribution is -2.13. The first-order chi connectivity index (χ1) is 14.2. The Morgan fingerprint density at radius 2 is 2.21 bits per heavy atom. The largest absolute Gasteiger partial charge is 0.490 e. The molecule has 9 heteroatoms. The number of aromatic nitrogens is 4. The summed E-state index contributed by atoms with van der Waals surface area (Å²) in [6, 6.07) is 5.61. The molecule has 4 heterocycles. The highest BCUT2D eigenvalue weighted by Gasteiger charge is 2.20. The molecule has 0 aromatic carbocycles. The Hall–Kier alpha value is -3.25. The molecule has 0 unspecified atom stereocenters. The number of fused-ring (bicyclic) bond motifs is 1. The molecule has 4 rings (SSSR count). The summed E-state index contributed by atoms with van der Waals surface area (Å²) in [5, 5.41) is 13.9. The minimum atomic E-state index is 0.437. The second kappa shape index (κ2) is 8.41. The normalized spacial score (nSPS) is 12.3. The van der Waals surface area contributed by atoms with Crippen LogP contribution < -0.4 is 15.4 Å². The molecular formula is C20H21N7OS. The predicted molar refractivity (Wildman–Crippen MR) is 115 cm³/mol. The van der Waals surface area contributed by atoms with Crippen LogP contribution in [0.2, 0.25) is 0 Å². The predicted octanol–water partition coefficient (Wildman–Crippen LogP) is 4.35. The number of nitrogens with one attached hydrogen (secondary N) is 3. The Morgan fingerprint density at radius 1 is 1.31 bits per heavy atom. The fourth-order valence-electron chi connectivity index (χ4n) is 3.10. The summed E-state index contributed by atoms with van der Waals surface area (Å²) in [4.78, 5) is 12.5. The first-order valence-electron chi connectivity index (χ1n) is 9.24. The van der Waals surface area contributed by atoms with E-state index in [1.807, 2.05) is 43.8 Å². The molecule has 0 radical (unpaired) electrons. The maximum Gasteiger partial charge on any atom is 0.231 e. The van der Waals surface area contributed by atoms with Crippen molar-refractivity contribution in [1.82, 2.24) is 20.2 Å². The monoisotopic (exact) mass is 407 g/mol. The lowest BCUT2D eigenvalue weighted by molar-refractivity contribution is 0.329. The van der Waals surface area contributed by atoms with Crippen molar-refractivity contribution in [3.63, 3.8) is 0 Å². The van der Waals surface area contributed by atoms with Gasteiger partial charge in [0.05, 0.1) is 18.0 Å². The van der Waals surface area contributed by atoms with E-state index in [4.69, 9.17) is 11.3 Å². The minimum Gasteiger partial charge on any atom is -0.490 e. The average molecular weight is 408 g/mol. The Morgan fingerprint density at radius 3 is 3.03 bits per heavy atom. The number of H-pyrrole nitrogens is 1. The van der Waals surface area contributed by atoms with Crippen LogP contribution >= 0.6 is 11.8 Å². The third-order valence-electron chi connectivity index (χ3n) is 4.60. The molecule has 8 nitrogen and oxygen atoms in total. The van der Waals surface area contributed by atoms with Crippen molar-refractivity contribution in [3.8, 4) is 5.75 Å². The van der Waals surface area contributed by atoms with E-state index >= 15 is 0 Å². The highest BCUT2D eigenvalue weighted by atomic mass is 32.2. The molecule has 1 aliphatic heterocycles. The zero-order chi connectivity index (χ0) is 20.2. The van der Waals surface area contributed by atoms with Crippen LogP contribution in [0.3, 0.4) is 0 Å². The summed E-state index contributed by atoms with van der Waals surface area (Å²) in [7, 11) is 0. The highest BCUT2D eigenvalue weighted by Crippen LogP contribution is 2.35. The van der Waals surface area contributed by atoms with Gasteiger partial charge in [0, 0.05) is 29.8 Å². The van der Waals surface area contributed by atoms with Crippen LogP contribution in [-0.2, 0) is 11.5 Å². The number of nitrogens with zero attached hydrogens (tertiary/aromatic N) is 4. The molecule has 0 saturated carbocycles. The van der Waals surface area contributed by atoms with Crippen molar-refractivity contribution in [2.75, 3.05) is 23.8 Å². The SMILES string of the molecule is [C-]#[N+]c1c(C)cc(Nc2n[nH]c3c2CSC3)nc1NCCOc1cccnc1C. The van der Waals surface area contributed by atoms with Gasteiger partial charge >= 0.3 is 0 Å². The molecule has 0 atom stereocenters. The maximum absolute atomic E-state index is 7.50. The van der Waals surface area contributed by atoms with Gasteiger partial charge < -0.3 is 15.4 Å². The molecule has 148 valence electrons. The Labute approximate surface area is 173 Å². The summed E-state index contributed by atoms with van der Waals surface area (Å²) in [6.45, 7) is 12.3. The minimum absolute atomic E-state index is 0.437. The van der Waals surface area contributed by atoms with Crippen molar-refractivity contribution in [2.24, 2.45) is 0 Å². The molecule has 3 aromatic heterocycles. The van der Waals surface area contributed by atoms with Crippen LogP contribution in [0.25, 0.3) is 4.85 Å². The van der Waals surface area contributed by atoms with Crippen LogP contribution in [-0.4, -0.2) is 33.3 Å². The van der Waals surface area contributed by atoms with Gasteiger partial charge in [0.15, 0.2) is 5.82 Å². The van der Waals surface area contributed by atoms with Crippen LogP contribution in [0, 0.1) is 20.4 Å². The van der Waals surface area contributed by atoms with E-state index in [0.29, 0.717) is 30.5 Å². The second-order valence-corrected chi connectivity index (χ2v) is 7.63. The molecule has 0 saturated heterocycles. The van der Waals surface area contributed by atoms with Gasteiger partial charge in [0.1, 0.15) is 24.0 Å². The first kappa shape index (κ1) is 19.1. The quantitative estimate of drug-likeness (QED) is 0.396.